The van der Waals surface area contributed by atoms with Crippen molar-refractivity contribution in [3.63, 3.8) is 0 Å². The molecule has 0 fully saturated rings. The molecule has 0 saturated carbocycles. The van der Waals surface area contributed by atoms with E-state index in [1.807, 2.05) is 0 Å². The summed E-state index contributed by atoms with van der Waals surface area (Å²) in [6.07, 6.45) is 0. The molecule has 0 spiro atoms. The van der Waals surface area contributed by atoms with Gasteiger partial charge in [0.05, 0.1) is 11.0 Å². The number of hydrogen-bond acceptors (Lipinski definition) is 1. The predicted octanol–water partition coefficient (Wildman–Crippen LogP) is 11.7. The largest absolute Gasteiger partial charge is 0.456 e. The maximum absolute atomic E-state index is 6.45. The van der Waals surface area contributed by atoms with Crippen LogP contribution in [-0.2, 0) is 0 Å². The molecule has 8 aromatic carbocycles. The molecule has 204 valence electrons. The molecule has 0 atom stereocenters. The SMILES string of the molecule is c1ccc2cc(-n3c4cccc(-c5ccc6c(c5)-c5cccc7cccc(c57)O6)c4c4c5ccccc5ccc43)ccc2c1. The number of hydrogen-bond donors (Lipinski definition) is 0. The average molecular weight is 560 g/mol. The summed E-state index contributed by atoms with van der Waals surface area (Å²) in [6.45, 7) is 0. The van der Waals surface area contributed by atoms with Crippen LogP contribution in [0, 0.1) is 0 Å². The maximum Gasteiger partial charge on any atom is 0.135 e. The van der Waals surface area contributed by atoms with Crippen LogP contribution >= 0.6 is 0 Å². The van der Waals surface area contributed by atoms with Crippen LogP contribution in [0.5, 0.6) is 11.5 Å². The highest BCUT2D eigenvalue weighted by Gasteiger charge is 2.22. The Morgan fingerprint density at radius 3 is 2.05 bits per heavy atom. The molecule has 1 aliphatic heterocycles. The molecule has 0 unspecified atom stereocenters. The van der Waals surface area contributed by atoms with E-state index in [-0.39, 0.29) is 0 Å². The number of benzene rings is 8. The molecule has 0 bridgehead atoms. The third kappa shape index (κ3) is 3.25. The first-order valence-electron chi connectivity index (χ1n) is 15.1. The van der Waals surface area contributed by atoms with Crippen LogP contribution in [0.3, 0.4) is 0 Å². The van der Waals surface area contributed by atoms with Gasteiger partial charge in [0.15, 0.2) is 0 Å². The first-order valence-corrected chi connectivity index (χ1v) is 15.1. The van der Waals surface area contributed by atoms with Gasteiger partial charge >= 0.3 is 0 Å². The van der Waals surface area contributed by atoms with Gasteiger partial charge in [-0.1, -0.05) is 109 Å². The average Bonchev–Trinajstić information content (AvgIpc) is 3.43. The van der Waals surface area contributed by atoms with Crippen LogP contribution in [0.1, 0.15) is 0 Å². The fraction of sp³-hybridized carbons (Fsp3) is 0. The Morgan fingerprint density at radius 1 is 0.386 bits per heavy atom. The quantitative estimate of drug-likeness (QED) is 0.205. The Labute approximate surface area is 254 Å². The molecule has 9 aromatic rings. The van der Waals surface area contributed by atoms with E-state index in [0.29, 0.717) is 0 Å². The number of nitrogens with zero attached hydrogens (tertiary/aromatic N) is 1. The summed E-state index contributed by atoms with van der Waals surface area (Å²) in [7, 11) is 0. The van der Waals surface area contributed by atoms with Gasteiger partial charge in [-0.3, -0.25) is 0 Å². The van der Waals surface area contributed by atoms with Crippen molar-refractivity contribution >= 4 is 54.1 Å². The van der Waals surface area contributed by atoms with Crippen molar-refractivity contribution in [3.05, 3.63) is 152 Å². The zero-order chi connectivity index (χ0) is 28.8. The van der Waals surface area contributed by atoms with E-state index < -0.39 is 0 Å². The Balaban J connectivity index is 1.30. The first-order chi connectivity index (χ1) is 21.8. The van der Waals surface area contributed by atoms with Crippen molar-refractivity contribution in [2.75, 3.05) is 0 Å². The van der Waals surface area contributed by atoms with Gasteiger partial charge in [-0.2, -0.15) is 0 Å². The summed E-state index contributed by atoms with van der Waals surface area (Å²) >= 11 is 0. The van der Waals surface area contributed by atoms with Gasteiger partial charge in [-0.05, 0) is 86.1 Å². The fourth-order valence-corrected chi connectivity index (χ4v) is 7.39. The Bertz CT molecular complexity index is 2640. The van der Waals surface area contributed by atoms with Crippen molar-refractivity contribution in [1.82, 2.24) is 4.57 Å². The molecular formula is C42H25NO. The van der Waals surface area contributed by atoms with E-state index in [9.17, 15) is 0 Å². The minimum absolute atomic E-state index is 0.899. The standard InChI is InChI=1S/C42H25NO/c1-2-10-29-24-31(21-18-26(29)8-1)43-36-16-7-14-33(42(36)41-32-13-4-3-9-27(32)19-22-37(41)43)30-20-23-38-35(25-30)34-15-5-11-28-12-6-17-39(44-38)40(28)34/h1-25H. The zero-order valence-corrected chi connectivity index (χ0v) is 23.8. The summed E-state index contributed by atoms with van der Waals surface area (Å²) in [5.41, 5.74) is 8.33. The lowest BCUT2D eigenvalue weighted by Crippen LogP contribution is -1.97. The number of aromatic nitrogens is 1. The van der Waals surface area contributed by atoms with Crippen molar-refractivity contribution in [1.29, 1.82) is 0 Å². The van der Waals surface area contributed by atoms with Gasteiger partial charge in [0.2, 0.25) is 0 Å². The summed E-state index contributed by atoms with van der Waals surface area (Å²) < 4.78 is 8.88. The van der Waals surface area contributed by atoms with Crippen LogP contribution in [0.15, 0.2) is 152 Å². The maximum atomic E-state index is 6.45. The summed E-state index contributed by atoms with van der Waals surface area (Å²) in [4.78, 5) is 0. The molecule has 44 heavy (non-hydrogen) atoms. The minimum Gasteiger partial charge on any atom is -0.456 e. The van der Waals surface area contributed by atoms with Crippen molar-refractivity contribution in [2.45, 2.75) is 0 Å². The molecule has 0 aliphatic carbocycles. The van der Waals surface area contributed by atoms with Gasteiger partial charge in [0.25, 0.3) is 0 Å². The Hall–Kier alpha value is -5.86. The first kappa shape index (κ1) is 23.7. The lowest BCUT2D eigenvalue weighted by molar-refractivity contribution is 0.487. The summed E-state index contributed by atoms with van der Waals surface area (Å²) in [5, 5.41) is 9.92. The van der Waals surface area contributed by atoms with Crippen molar-refractivity contribution in [3.8, 4) is 39.4 Å². The van der Waals surface area contributed by atoms with Gasteiger partial charge in [0, 0.05) is 27.4 Å². The monoisotopic (exact) mass is 559 g/mol. The van der Waals surface area contributed by atoms with Gasteiger partial charge in [0.1, 0.15) is 11.5 Å². The molecule has 0 amide bonds. The lowest BCUT2D eigenvalue weighted by atomic mass is 9.91. The highest BCUT2D eigenvalue weighted by molar-refractivity contribution is 6.25. The molecule has 10 rings (SSSR count). The van der Waals surface area contributed by atoms with Gasteiger partial charge in [-0.15, -0.1) is 0 Å². The molecular weight excluding hydrogens is 534 g/mol. The highest BCUT2D eigenvalue weighted by Crippen LogP contribution is 2.49. The van der Waals surface area contributed by atoms with E-state index in [1.165, 1.54) is 76.5 Å². The van der Waals surface area contributed by atoms with Crippen molar-refractivity contribution in [2.24, 2.45) is 0 Å². The Kier molecular flexibility index (Phi) is 4.75. The van der Waals surface area contributed by atoms with Crippen LogP contribution < -0.4 is 4.74 Å². The number of fused-ring (bicyclic) bond motifs is 8. The summed E-state index contributed by atoms with van der Waals surface area (Å²) in [6, 6.07) is 54.9. The third-order valence-corrected chi connectivity index (χ3v) is 9.34. The normalized spacial score (nSPS) is 12.3. The smallest absolute Gasteiger partial charge is 0.135 e. The topological polar surface area (TPSA) is 14.2 Å². The molecule has 0 N–H and O–H groups in total. The minimum atomic E-state index is 0.899. The zero-order valence-electron chi connectivity index (χ0n) is 23.8. The molecule has 0 saturated heterocycles. The lowest BCUT2D eigenvalue weighted by Gasteiger charge is -2.22. The number of ether oxygens (including phenoxy) is 1. The van der Waals surface area contributed by atoms with Crippen molar-refractivity contribution < 1.29 is 4.74 Å². The third-order valence-electron chi connectivity index (χ3n) is 9.34. The van der Waals surface area contributed by atoms with Crippen LogP contribution in [0.4, 0.5) is 0 Å². The van der Waals surface area contributed by atoms with Gasteiger partial charge < -0.3 is 9.30 Å². The number of rotatable bonds is 2. The summed E-state index contributed by atoms with van der Waals surface area (Å²) in [5.74, 6) is 1.82. The van der Waals surface area contributed by atoms with Crippen LogP contribution in [0.25, 0.3) is 82.1 Å². The fourth-order valence-electron chi connectivity index (χ4n) is 7.39. The molecule has 0 radical (unpaired) electrons. The van der Waals surface area contributed by atoms with E-state index in [0.717, 1.165) is 17.1 Å². The van der Waals surface area contributed by atoms with E-state index in [1.54, 1.807) is 0 Å². The molecule has 2 heterocycles. The second-order valence-electron chi connectivity index (χ2n) is 11.7. The van der Waals surface area contributed by atoms with Crippen LogP contribution in [0.2, 0.25) is 0 Å². The molecule has 1 aliphatic rings. The van der Waals surface area contributed by atoms with Crippen LogP contribution in [-0.4, -0.2) is 4.57 Å². The van der Waals surface area contributed by atoms with E-state index in [4.69, 9.17) is 4.74 Å². The highest BCUT2D eigenvalue weighted by atomic mass is 16.5. The van der Waals surface area contributed by atoms with E-state index in [2.05, 4.69) is 156 Å². The second kappa shape index (κ2) is 8.82. The molecule has 2 heteroatoms. The van der Waals surface area contributed by atoms with E-state index >= 15 is 0 Å². The predicted molar refractivity (Wildman–Crippen MR) is 184 cm³/mol. The second-order valence-corrected chi connectivity index (χ2v) is 11.7. The molecule has 1 aromatic heterocycles. The molecule has 2 nitrogen and oxygen atoms in total. The Morgan fingerprint density at radius 2 is 1.11 bits per heavy atom. The van der Waals surface area contributed by atoms with Gasteiger partial charge in [-0.25, -0.2) is 0 Å².